The fourth-order valence-corrected chi connectivity index (χ4v) is 11.8. The van der Waals surface area contributed by atoms with E-state index in [4.69, 9.17) is 0 Å². The molecule has 0 aliphatic heterocycles. The van der Waals surface area contributed by atoms with Crippen molar-refractivity contribution in [3.8, 4) is 0 Å². The Labute approximate surface area is 194 Å². The summed E-state index contributed by atoms with van der Waals surface area (Å²) in [6.07, 6.45) is 13.9. The molecular formula is C29H44O3. The highest BCUT2D eigenvalue weighted by Crippen LogP contribution is 2.81. The van der Waals surface area contributed by atoms with E-state index in [9.17, 15) is 15.0 Å². The van der Waals surface area contributed by atoms with Crippen molar-refractivity contribution in [2.24, 2.45) is 56.2 Å². The lowest BCUT2D eigenvalue weighted by Gasteiger charge is -2.70. The Hall–Kier alpha value is -0.830. The Bertz CT molecular complexity index is 908. The first-order valence-electron chi connectivity index (χ1n) is 13.5. The van der Waals surface area contributed by atoms with E-state index in [1.807, 2.05) is 6.92 Å². The van der Waals surface area contributed by atoms with Crippen LogP contribution in [-0.4, -0.2) is 22.8 Å². The van der Waals surface area contributed by atoms with Crippen LogP contribution in [0.25, 0.3) is 0 Å². The first-order chi connectivity index (χ1) is 14.9. The van der Waals surface area contributed by atoms with E-state index in [2.05, 4.69) is 33.8 Å². The first kappa shape index (κ1) is 21.7. The summed E-state index contributed by atoms with van der Waals surface area (Å²) in [6, 6.07) is 0. The highest BCUT2D eigenvalue weighted by Gasteiger charge is 2.74. The van der Waals surface area contributed by atoms with Gasteiger partial charge in [0.05, 0.1) is 5.41 Å². The number of carbonyl (C=O) groups is 1. The number of aliphatic carboxylic acids is 1. The Kier molecular flexibility index (Phi) is 4.10. The quantitative estimate of drug-likeness (QED) is 0.485. The molecule has 4 unspecified atom stereocenters. The van der Waals surface area contributed by atoms with E-state index in [0.29, 0.717) is 16.7 Å². The average Bonchev–Trinajstić information content (AvgIpc) is 3.06. The molecule has 0 spiro atoms. The molecule has 5 fully saturated rings. The molecule has 3 nitrogen and oxygen atoms in total. The Morgan fingerprint density at radius 3 is 2.41 bits per heavy atom. The molecule has 6 rings (SSSR count). The maximum atomic E-state index is 12.5. The number of allylic oxidation sites excluding steroid dienone is 2. The van der Waals surface area contributed by atoms with Crippen molar-refractivity contribution in [2.75, 3.05) is 6.61 Å². The van der Waals surface area contributed by atoms with Gasteiger partial charge in [0.2, 0.25) is 0 Å². The molecule has 6 aliphatic rings. The molecule has 0 saturated heterocycles. The fraction of sp³-hybridized carbons (Fsp3) is 0.897. The zero-order valence-electron chi connectivity index (χ0n) is 21.0. The number of carboxylic acid groups (broad SMARTS) is 1. The summed E-state index contributed by atoms with van der Waals surface area (Å²) in [7, 11) is 0. The molecule has 32 heavy (non-hydrogen) atoms. The molecule has 10 atom stereocenters. The Morgan fingerprint density at radius 2 is 1.72 bits per heavy atom. The van der Waals surface area contributed by atoms with Gasteiger partial charge in [-0.2, -0.15) is 0 Å². The number of aliphatic hydroxyl groups is 1. The summed E-state index contributed by atoms with van der Waals surface area (Å²) in [4.78, 5) is 12.5. The molecule has 0 amide bonds. The summed E-state index contributed by atoms with van der Waals surface area (Å²) in [5.74, 6) is 1.39. The molecule has 0 aromatic heterocycles. The smallest absolute Gasteiger partial charge is 0.309 e. The lowest BCUT2D eigenvalue weighted by Crippen LogP contribution is -2.65. The van der Waals surface area contributed by atoms with Gasteiger partial charge in [0.15, 0.2) is 0 Å². The molecule has 0 aromatic carbocycles. The lowest BCUT2D eigenvalue weighted by atomic mass is 9.34. The standard InChI is InChI=1S/C29H44O3/c1-24-13-14-25(2)19(15-24)18-7-8-21-27(4,28(18,5)16-22(24)25)12-9-20-26(3,23(31)32)10-6-11-29(20,21)17-30/h7,19-22,30H,6,8-17H2,1-5H3,(H,31,32)/t19-,20?,21+,22?,24?,25+,26?,27-,28-,29-/m1/s1. The van der Waals surface area contributed by atoms with E-state index in [-0.39, 0.29) is 28.8 Å². The highest BCUT2D eigenvalue weighted by molar-refractivity contribution is 5.75. The van der Waals surface area contributed by atoms with E-state index in [1.54, 1.807) is 5.57 Å². The van der Waals surface area contributed by atoms with Gasteiger partial charge < -0.3 is 10.2 Å². The van der Waals surface area contributed by atoms with Crippen LogP contribution in [0.15, 0.2) is 11.6 Å². The van der Waals surface area contributed by atoms with Crippen LogP contribution in [0.3, 0.4) is 0 Å². The number of aliphatic hydroxyl groups excluding tert-OH is 1. The van der Waals surface area contributed by atoms with Gasteiger partial charge in [-0.25, -0.2) is 0 Å². The second-order valence-electron chi connectivity index (χ2n) is 14.4. The monoisotopic (exact) mass is 440 g/mol. The number of rotatable bonds is 2. The molecule has 4 bridgehead atoms. The lowest BCUT2D eigenvalue weighted by molar-refractivity contribution is -0.210. The summed E-state index contributed by atoms with van der Waals surface area (Å²) >= 11 is 0. The van der Waals surface area contributed by atoms with Crippen molar-refractivity contribution < 1.29 is 15.0 Å². The van der Waals surface area contributed by atoms with Gasteiger partial charge in [-0.3, -0.25) is 4.79 Å². The van der Waals surface area contributed by atoms with Crippen molar-refractivity contribution >= 4 is 5.97 Å². The van der Waals surface area contributed by atoms with Crippen LogP contribution in [0, 0.1) is 56.2 Å². The van der Waals surface area contributed by atoms with Crippen molar-refractivity contribution in [3.63, 3.8) is 0 Å². The van der Waals surface area contributed by atoms with Gasteiger partial charge in [0.25, 0.3) is 0 Å². The minimum absolute atomic E-state index is 0.0920. The van der Waals surface area contributed by atoms with Crippen LogP contribution in [0.1, 0.15) is 98.8 Å². The molecule has 0 radical (unpaired) electrons. The summed E-state index contributed by atoms with van der Waals surface area (Å²) in [5.41, 5.74) is 2.16. The van der Waals surface area contributed by atoms with Gasteiger partial charge >= 0.3 is 5.97 Å². The van der Waals surface area contributed by atoms with Gasteiger partial charge in [0, 0.05) is 12.0 Å². The Morgan fingerprint density at radius 1 is 0.969 bits per heavy atom. The van der Waals surface area contributed by atoms with Crippen LogP contribution >= 0.6 is 0 Å². The van der Waals surface area contributed by atoms with Crippen molar-refractivity contribution in [2.45, 2.75) is 98.8 Å². The molecule has 2 N–H and O–H groups in total. The van der Waals surface area contributed by atoms with Crippen LogP contribution < -0.4 is 0 Å². The van der Waals surface area contributed by atoms with E-state index < -0.39 is 11.4 Å². The molecule has 6 aliphatic carbocycles. The zero-order chi connectivity index (χ0) is 22.9. The number of fused-ring (bicyclic) bond motifs is 6. The van der Waals surface area contributed by atoms with Crippen molar-refractivity contribution in [1.82, 2.24) is 0 Å². The van der Waals surface area contributed by atoms with Crippen molar-refractivity contribution in [1.29, 1.82) is 0 Å². The number of hydrogen-bond donors (Lipinski definition) is 2. The molecular weight excluding hydrogens is 396 g/mol. The highest BCUT2D eigenvalue weighted by atomic mass is 16.4. The third-order valence-corrected chi connectivity index (χ3v) is 13.8. The van der Waals surface area contributed by atoms with Crippen LogP contribution in [0.2, 0.25) is 0 Å². The second kappa shape index (κ2) is 6.04. The third kappa shape index (κ3) is 2.09. The predicted octanol–water partition coefficient (Wildman–Crippen LogP) is 6.46. The summed E-state index contributed by atoms with van der Waals surface area (Å²) < 4.78 is 0. The minimum Gasteiger partial charge on any atom is -0.481 e. The average molecular weight is 441 g/mol. The van der Waals surface area contributed by atoms with E-state index in [0.717, 1.165) is 50.4 Å². The van der Waals surface area contributed by atoms with Gasteiger partial charge in [-0.05, 0) is 110 Å². The van der Waals surface area contributed by atoms with Gasteiger partial charge in [0.1, 0.15) is 0 Å². The van der Waals surface area contributed by atoms with Crippen LogP contribution in [-0.2, 0) is 4.79 Å². The maximum absolute atomic E-state index is 12.5. The molecule has 5 saturated carbocycles. The maximum Gasteiger partial charge on any atom is 0.309 e. The van der Waals surface area contributed by atoms with Crippen molar-refractivity contribution in [3.05, 3.63) is 11.6 Å². The largest absolute Gasteiger partial charge is 0.481 e. The fourth-order valence-electron chi connectivity index (χ4n) is 11.8. The van der Waals surface area contributed by atoms with E-state index >= 15 is 0 Å². The van der Waals surface area contributed by atoms with Crippen LogP contribution in [0.5, 0.6) is 0 Å². The number of carboxylic acids is 1. The Balaban J connectivity index is 1.48. The predicted molar refractivity (Wildman–Crippen MR) is 126 cm³/mol. The third-order valence-electron chi connectivity index (χ3n) is 13.8. The van der Waals surface area contributed by atoms with E-state index in [1.165, 1.54) is 25.7 Å². The SMILES string of the molecule is CC12CC[C@]3(C)C1C[C@]1(C)C(=CC[C@@H]4[C@@]5(CO)CCCC(C)(C(=O)O)C5CC[C@]41C)[C@H]3C2. The van der Waals surface area contributed by atoms with Gasteiger partial charge in [-0.15, -0.1) is 0 Å². The summed E-state index contributed by atoms with van der Waals surface area (Å²) in [6.45, 7) is 12.5. The minimum atomic E-state index is -0.696. The molecule has 0 aromatic rings. The van der Waals surface area contributed by atoms with Gasteiger partial charge in [-0.1, -0.05) is 45.8 Å². The van der Waals surface area contributed by atoms with Crippen LogP contribution in [0.4, 0.5) is 0 Å². The number of hydrogen-bond acceptors (Lipinski definition) is 2. The topological polar surface area (TPSA) is 57.5 Å². The normalized spacial score (nSPS) is 60.2. The molecule has 0 heterocycles. The first-order valence-corrected chi connectivity index (χ1v) is 13.5. The molecule has 178 valence electrons. The summed E-state index contributed by atoms with van der Waals surface area (Å²) in [5, 5.41) is 21.3. The zero-order valence-corrected chi connectivity index (χ0v) is 21.0. The second-order valence-corrected chi connectivity index (χ2v) is 14.4. The molecule has 3 heteroatoms.